The van der Waals surface area contributed by atoms with Crippen LogP contribution in [-0.2, 0) is 18.8 Å². The molecule has 1 fully saturated rings. The number of nitrogens with zero attached hydrogens (tertiary/aromatic N) is 6. The second-order valence-electron chi connectivity index (χ2n) is 8.12. The smallest absolute Gasteiger partial charge is 0.263 e. The normalized spacial score (nSPS) is 16.5. The number of aryl methyl sites for hydroxylation is 2. The minimum atomic E-state index is -0.793. The summed E-state index contributed by atoms with van der Waals surface area (Å²) in [6.45, 7) is 3.25. The highest BCUT2D eigenvalue weighted by molar-refractivity contribution is 5.93. The molecule has 0 unspecified atom stereocenters. The van der Waals surface area contributed by atoms with Gasteiger partial charge in [-0.15, -0.1) is 0 Å². The molecule has 0 radical (unpaired) electrons. The Morgan fingerprint density at radius 2 is 1.97 bits per heavy atom. The van der Waals surface area contributed by atoms with Crippen molar-refractivity contribution in [1.29, 1.82) is 0 Å². The monoisotopic (exact) mass is 452 g/mol. The maximum absolute atomic E-state index is 14.8. The van der Waals surface area contributed by atoms with Crippen LogP contribution in [-0.4, -0.2) is 44.0 Å². The van der Waals surface area contributed by atoms with Crippen LogP contribution in [0, 0.1) is 18.6 Å². The van der Waals surface area contributed by atoms with E-state index in [2.05, 4.69) is 15.1 Å². The first-order valence-corrected chi connectivity index (χ1v) is 10.5. The van der Waals surface area contributed by atoms with E-state index in [4.69, 9.17) is 4.74 Å². The zero-order valence-electron chi connectivity index (χ0n) is 18.4. The van der Waals surface area contributed by atoms with Crippen molar-refractivity contribution in [3.63, 3.8) is 0 Å². The molecule has 5 rings (SSSR count). The molecule has 1 aliphatic heterocycles. The predicted molar refractivity (Wildman–Crippen MR) is 119 cm³/mol. The Hall–Kier alpha value is -3.66. The molecular formula is C23H22F2N6O2. The molecule has 170 valence electrons. The van der Waals surface area contributed by atoms with Crippen molar-refractivity contribution in [2.24, 2.45) is 14.1 Å². The standard InChI is InChI=1S/C23H22F2N6O2/c1-13-27-18-9-20(31-6-7-33-19(12-31)14-10-26-29(2)11-14)28-22(21(18)23(32)30(13)3)16-5-4-15(24)8-17(16)25/h4-5,8-11,19H,6-7,12H2,1-3H3/t19-/m0/s1. The first kappa shape index (κ1) is 21.2. The highest BCUT2D eigenvalue weighted by Crippen LogP contribution is 2.32. The van der Waals surface area contributed by atoms with Crippen LogP contribution in [0.1, 0.15) is 17.5 Å². The number of hydrogen-bond acceptors (Lipinski definition) is 6. The Morgan fingerprint density at radius 1 is 1.15 bits per heavy atom. The van der Waals surface area contributed by atoms with Crippen LogP contribution in [0.25, 0.3) is 22.2 Å². The lowest BCUT2D eigenvalue weighted by Gasteiger charge is -2.33. The van der Waals surface area contributed by atoms with Crippen LogP contribution in [0.4, 0.5) is 14.6 Å². The molecule has 4 aromatic rings. The van der Waals surface area contributed by atoms with Crippen LogP contribution in [0.5, 0.6) is 0 Å². The molecular weight excluding hydrogens is 430 g/mol. The molecule has 8 nitrogen and oxygen atoms in total. The number of pyridine rings is 1. The third kappa shape index (κ3) is 3.76. The maximum atomic E-state index is 14.8. The lowest BCUT2D eigenvalue weighted by atomic mass is 10.1. The van der Waals surface area contributed by atoms with Gasteiger partial charge in [-0.2, -0.15) is 5.10 Å². The number of anilines is 1. The van der Waals surface area contributed by atoms with E-state index in [0.29, 0.717) is 36.9 Å². The van der Waals surface area contributed by atoms with Gasteiger partial charge in [0.05, 0.1) is 29.4 Å². The Kier molecular flexibility index (Phi) is 5.16. The number of fused-ring (bicyclic) bond motifs is 1. The minimum Gasteiger partial charge on any atom is -0.370 e. The fourth-order valence-corrected chi connectivity index (χ4v) is 4.09. The molecule has 33 heavy (non-hydrogen) atoms. The first-order chi connectivity index (χ1) is 15.8. The lowest BCUT2D eigenvalue weighted by molar-refractivity contribution is 0.0395. The van der Waals surface area contributed by atoms with Crippen molar-refractivity contribution < 1.29 is 13.5 Å². The highest BCUT2D eigenvalue weighted by Gasteiger charge is 2.26. The van der Waals surface area contributed by atoms with E-state index in [-0.39, 0.29) is 28.3 Å². The van der Waals surface area contributed by atoms with E-state index in [0.717, 1.165) is 17.7 Å². The Balaban J connectivity index is 1.67. The average Bonchev–Trinajstić information content (AvgIpc) is 3.23. The van der Waals surface area contributed by atoms with Gasteiger partial charge in [0.25, 0.3) is 5.56 Å². The third-order valence-electron chi connectivity index (χ3n) is 5.94. The SMILES string of the molecule is Cc1nc2cc(N3CCO[C@H](c4cnn(C)c4)C3)nc(-c3ccc(F)cc3F)c2c(=O)n1C. The number of aromatic nitrogens is 5. The number of hydrogen-bond donors (Lipinski definition) is 0. The van der Waals surface area contributed by atoms with E-state index in [1.54, 1.807) is 30.9 Å². The molecule has 3 aromatic heterocycles. The summed E-state index contributed by atoms with van der Waals surface area (Å²) < 4.78 is 37.4. The number of halogens is 2. The molecule has 0 bridgehead atoms. The molecule has 1 atom stereocenters. The van der Waals surface area contributed by atoms with Crippen LogP contribution in [0.2, 0.25) is 0 Å². The van der Waals surface area contributed by atoms with Gasteiger partial charge in [0.2, 0.25) is 0 Å². The molecule has 1 aromatic carbocycles. The van der Waals surface area contributed by atoms with Crippen molar-refractivity contribution in [1.82, 2.24) is 24.3 Å². The van der Waals surface area contributed by atoms with Gasteiger partial charge in [0, 0.05) is 56.6 Å². The van der Waals surface area contributed by atoms with Gasteiger partial charge in [0.1, 0.15) is 29.4 Å². The quantitative estimate of drug-likeness (QED) is 0.476. The van der Waals surface area contributed by atoms with Crippen LogP contribution >= 0.6 is 0 Å². The molecule has 0 aliphatic carbocycles. The van der Waals surface area contributed by atoms with E-state index in [9.17, 15) is 13.6 Å². The van der Waals surface area contributed by atoms with E-state index in [1.807, 2.05) is 18.1 Å². The average molecular weight is 452 g/mol. The van der Waals surface area contributed by atoms with Crippen molar-refractivity contribution in [2.45, 2.75) is 13.0 Å². The van der Waals surface area contributed by atoms with Crippen LogP contribution < -0.4 is 10.5 Å². The summed E-state index contributed by atoms with van der Waals surface area (Å²) in [6, 6.07) is 4.97. The van der Waals surface area contributed by atoms with Gasteiger partial charge in [-0.25, -0.2) is 18.7 Å². The largest absolute Gasteiger partial charge is 0.370 e. The van der Waals surface area contributed by atoms with Gasteiger partial charge in [0.15, 0.2) is 0 Å². The van der Waals surface area contributed by atoms with Gasteiger partial charge in [-0.3, -0.25) is 14.0 Å². The van der Waals surface area contributed by atoms with E-state index < -0.39 is 11.6 Å². The second-order valence-corrected chi connectivity index (χ2v) is 8.12. The number of benzene rings is 1. The van der Waals surface area contributed by atoms with Crippen molar-refractivity contribution in [3.05, 3.63) is 70.0 Å². The van der Waals surface area contributed by atoms with E-state index in [1.165, 1.54) is 10.6 Å². The molecule has 10 heteroatoms. The molecule has 1 aliphatic rings. The summed E-state index contributed by atoms with van der Waals surface area (Å²) in [5.74, 6) is -0.436. The zero-order chi connectivity index (χ0) is 23.3. The van der Waals surface area contributed by atoms with E-state index >= 15 is 0 Å². The Morgan fingerprint density at radius 3 is 2.70 bits per heavy atom. The van der Waals surface area contributed by atoms with Gasteiger partial charge < -0.3 is 9.64 Å². The van der Waals surface area contributed by atoms with Crippen molar-refractivity contribution in [3.8, 4) is 11.3 Å². The van der Waals surface area contributed by atoms with Crippen molar-refractivity contribution >= 4 is 16.7 Å². The molecule has 0 N–H and O–H groups in total. The lowest BCUT2D eigenvalue weighted by Crippen LogP contribution is -2.39. The molecule has 1 saturated heterocycles. The molecule has 0 amide bonds. The van der Waals surface area contributed by atoms with Gasteiger partial charge >= 0.3 is 0 Å². The molecule has 0 spiro atoms. The first-order valence-electron chi connectivity index (χ1n) is 10.5. The van der Waals surface area contributed by atoms with Gasteiger partial charge in [-0.1, -0.05) is 0 Å². The number of rotatable bonds is 3. The summed E-state index contributed by atoms with van der Waals surface area (Å²) >= 11 is 0. The maximum Gasteiger partial charge on any atom is 0.263 e. The summed E-state index contributed by atoms with van der Waals surface area (Å²) in [5, 5.41) is 4.40. The minimum absolute atomic E-state index is 0.0445. The topological polar surface area (TPSA) is 78.1 Å². The summed E-state index contributed by atoms with van der Waals surface area (Å²) in [5.41, 5.74) is 1.19. The Bertz CT molecular complexity index is 1430. The predicted octanol–water partition coefficient (Wildman–Crippen LogP) is 2.89. The summed E-state index contributed by atoms with van der Waals surface area (Å²) in [7, 11) is 3.44. The van der Waals surface area contributed by atoms with Gasteiger partial charge in [-0.05, 0) is 19.1 Å². The highest BCUT2D eigenvalue weighted by atomic mass is 19.1. The summed E-state index contributed by atoms with van der Waals surface area (Å²) in [6.07, 6.45) is 3.44. The van der Waals surface area contributed by atoms with Crippen LogP contribution in [0.15, 0.2) is 41.5 Å². The fourth-order valence-electron chi connectivity index (χ4n) is 4.09. The third-order valence-corrected chi connectivity index (χ3v) is 5.94. The summed E-state index contributed by atoms with van der Waals surface area (Å²) in [4.78, 5) is 24.4. The Labute approximate surface area is 188 Å². The van der Waals surface area contributed by atoms with Crippen LogP contribution in [0.3, 0.4) is 0 Å². The van der Waals surface area contributed by atoms with Crippen molar-refractivity contribution in [2.75, 3.05) is 24.6 Å². The molecule has 0 saturated carbocycles. The molecule has 4 heterocycles. The fraction of sp³-hybridized carbons (Fsp3) is 0.304. The number of ether oxygens (including phenoxy) is 1. The zero-order valence-corrected chi connectivity index (χ0v) is 18.4. The number of morpholine rings is 1. The second kappa shape index (κ2) is 8.04.